The smallest absolute Gasteiger partial charge is 0.197 e. The maximum atomic E-state index is 13.1. The van der Waals surface area contributed by atoms with Crippen LogP contribution >= 0.6 is 0 Å². The van der Waals surface area contributed by atoms with Gasteiger partial charge in [-0.1, -0.05) is 44.2 Å². The highest BCUT2D eigenvalue weighted by molar-refractivity contribution is 5.28. The fraction of sp³-hybridized carbons (Fsp3) is 0.333. The molecular formula is C12H14F2. The van der Waals surface area contributed by atoms with Crippen molar-refractivity contribution < 1.29 is 8.78 Å². The summed E-state index contributed by atoms with van der Waals surface area (Å²) in [7, 11) is 0. The van der Waals surface area contributed by atoms with Gasteiger partial charge in [0.15, 0.2) is 0 Å². The average Bonchev–Trinajstić information content (AvgIpc) is 2.19. The summed E-state index contributed by atoms with van der Waals surface area (Å²) in [6, 6.07) is 6.42. The topological polar surface area (TPSA) is 0 Å². The molecule has 0 saturated heterocycles. The van der Waals surface area contributed by atoms with Crippen molar-refractivity contribution >= 4 is 0 Å². The van der Waals surface area contributed by atoms with E-state index in [1.165, 1.54) is 12.1 Å². The van der Waals surface area contributed by atoms with Gasteiger partial charge in [0.2, 0.25) is 0 Å². The molecule has 0 nitrogen and oxygen atoms in total. The monoisotopic (exact) mass is 196 g/mol. The van der Waals surface area contributed by atoms with E-state index < -0.39 is 5.92 Å². The Morgan fingerprint density at radius 3 is 2.29 bits per heavy atom. The lowest BCUT2D eigenvalue weighted by Crippen LogP contribution is -2.08. The van der Waals surface area contributed by atoms with Crippen molar-refractivity contribution in [1.82, 2.24) is 0 Å². The lowest BCUT2D eigenvalue weighted by Gasteiger charge is -2.11. The summed E-state index contributed by atoms with van der Waals surface area (Å²) in [4.78, 5) is 0. The standard InChI is InChI=1S/C12H14F2/c1-3-5-10-6-8-11(9-7-10)12(13,14)4-2/h4,6-9H,2-3,5H2,1H3. The maximum Gasteiger partial charge on any atom is 0.291 e. The van der Waals surface area contributed by atoms with Gasteiger partial charge in [-0.15, -0.1) is 0 Å². The molecule has 2 heteroatoms. The third-order valence-electron chi connectivity index (χ3n) is 2.13. The normalized spacial score (nSPS) is 11.4. The molecule has 1 aromatic rings. The molecule has 0 amide bonds. The molecule has 0 spiro atoms. The summed E-state index contributed by atoms with van der Waals surface area (Å²) in [6.45, 7) is 5.18. The van der Waals surface area contributed by atoms with E-state index in [4.69, 9.17) is 0 Å². The minimum Gasteiger partial charge on any atom is -0.197 e. The fourth-order valence-electron chi connectivity index (χ4n) is 1.30. The van der Waals surface area contributed by atoms with Crippen LogP contribution < -0.4 is 0 Å². The third kappa shape index (κ3) is 2.41. The minimum atomic E-state index is -2.91. The first kappa shape index (κ1) is 10.9. The molecule has 0 atom stereocenters. The van der Waals surface area contributed by atoms with Crippen molar-refractivity contribution in [2.75, 3.05) is 0 Å². The Morgan fingerprint density at radius 2 is 1.86 bits per heavy atom. The number of halogens is 2. The van der Waals surface area contributed by atoms with E-state index in [2.05, 4.69) is 13.5 Å². The maximum absolute atomic E-state index is 13.1. The molecular weight excluding hydrogens is 182 g/mol. The highest BCUT2D eigenvalue weighted by Gasteiger charge is 2.26. The van der Waals surface area contributed by atoms with Crippen molar-refractivity contribution in [3.63, 3.8) is 0 Å². The highest BCUT2D eigenvalue weighted by atomic mass is 19.3. The van der Waals surface area contributed by atoms with Gasteiger partial charge < -0.3 is 0 Å². The van der Waals surface area contributed by atoms with E-state index in [9.17, 15) is 8.78 Å². The Balaban J connectivity index is 2.88. The summed E-state index contributed by atoms with van der Waals surface area (Å²) in [5.41, 5.74) is 1.10. The molecule has 1 aromatic carbocycles. The van der Waals surface area contributed by atoms with Crippen LogP contribution in [-0.4, -0.2) is 0 Å². The quantitative estimate of drug-likeness (QED) is 0.640. The second-order valence-corrected chi connectivity index (χ2v) is 3.27. The molecule has 0 radical (unpaired) electrons. The second kappa shape index (κ2) is 4.36. The van der Waals surface area contributed by atoms with Gasteiger partial charge in [-0.2, -0.15) is 8.78 Å². The van der Waals surface area contributed by atoms with E-state index in [1.807, 2.05) is 0 Å². The van der Waals surface area contributed by atoms with Crippen molar-refractivity contribution in [3.05, 3.63) is 48.0 Å². The van der Waals surface area contributed by atoms with E-state index in [0.29, 0.717) is 6.08 Å². The minimum absolute atomic E-state index is 0.00681. The number of rotatable bonds is 4. The zero-order valence-corrected chi connectivity index (χ0v) is 8.26. The van der Waals surface area contributed by atoms with E-state index in [0.717, 1.165) is 18.4 Å². The molecule has 0 aliphatic rings. The first-order valence-electron chi connectivity index (χ1n) is 4.71. The Morgan fingerprint density at radius 1 is 1.29 bits per heavy atom. The van der Waals surface area contributed by atoms with Gasteiger partial charge in [0.05, 0.1) is 0 Å². The molecule has 0 heterocycles. The van der Waals surface area contributed by atoms with E-state index >= 15 is 0 Å². The summed E-state index contributed by atoms with van der Waals surface area (Å²) in [5.74, 6) is -2.91. The van der Waals surface area contributed by atoms with Gasteiger partial charge in [-0.05, 0) is 18.1 Å². The van der Waals surface area contributed by atoms with Crippen molar-refractivity contribution in [3.8, 4) is 0 Å². The van der Waals surface area contributed by atoms with Crippen LogP contribution in [0.1, 0.15) is 24.5 Å². The van der Waals surface area contributed by atoms with Gasteiger partial charge in [-0.3, -0.25) is 0 Å². The molecule has 76 valence electrons. The van der Waals surface area contributed by atoms with Gasteiger partial charge in [0.25, 0.3) is 5.92 Å². The Kier molecular flexibility index (Phi) is 3.39. The highest BCUT2D eigenvalue weighted by Crippen LogP contribution is 2.28. The number of hydrogen-bond acceptors (Lipinski definition) is 0. The van der Waals surface area contributed by atoms with Crippen molar-refractivity contribution in [2.24, 2.45) is 0 Å². The van der Waals surface area contributed by atoms with E-state index in [-0.39, 0.29) is 5.56 Å². The predicted octanol–water partition coefficient (Wildman–Crippen LogP) is 3.92. The van der Waals surface area contributed by atoms with Crippen molar-refractivity contribution in [2.45, 2.75) is 25.7 Å². The van der Waals surface area contributed by atoms with Crippen LogP contribution in [0.4, 0.5) is 8.78 Å². The Bertz CT molecular complexity index is 299. The number of benzene rings is 1. The van der Waals surface area contributed by atoms with Crippen molar-refractivity contribution in [1.29, 1.82) is 0 Å². The lowest BCUT2D eigenvalue weighted by molar-refractivity contribution is 0.0525. The molecule has 0 saturated carbocycles. The zero-order chi connectivity index (χ0) is 10.6. The molecule has 0 aliphatic heterocycles. The zero-order valence-electron chi connectivity index (χ0n) is 8.26. The van der Waals surface area contributed by atoms with Gasteiger partial charge in [-0.25, -0.2) is 0 Å². The third-order valence-corrected chi connectivity index (χ3v) is 2.13. The van der Waals surface area contributed by atoms with Gasteiger partial charge in [0.1, 0.15) is 0 Å². The molecule has 14 heavy (non-hydrogen) atoms. The Hall–Kier alpha value is -1.18. The first-order chi connectivity index (χ1) is 6.60. The lowest BCUT2D eigenvalue weighted by atomic mass is 10.0. The molecule has 0 N–H and O–H groups in total. The van der Waals surface area contributed by atoms with Crippen LogP contribution in [0.15, 0.2) is 36.9 Å². The number of aryl methyl sites for hydroxylation is 1. The van der Waals surface area contributed by atoms with Crippen LogP contribution in [0.5, 0.6) is 0 Å². The largest absolute Gasteiger partial charge is 0.291 e. The van der Waals surface area contributed by atoms with Crippen LogP contribution in [0.2, 0.25) is 0 Å². The van der Waals surface area contributed by atoms with E-state index in [1.54, 1.807) is 12.1 Å². The molecule has 1 rings (SSSR count). The summed E-state index contributed by atoms with van der Waals surface area (Å²) in [6.07, 6.45) is 2.62. The molecule has 0 fully saturated rings. The molecule has 0 aliphatic carbocycles. The number of hydrogen-bond donors (Lipinski definition) is 0. The van der Waals surface area contributed by atoms with Gasteiger partial charge >= 0.3 is 0 Å². The molecule has 0 bridgehead atoms. The summed E-state index contributed by atoms with van der Waals surface area (Å²) < 4.78 is 26.2. The van der Waals surface area contributed by atoms with Gasteiger partial charge in [0, 0.05) is 5.56 Å². The molecule has 0 unspecified atom stereocenters. The molecule has 0 aromatic heterocycles. The summed E-state index contributed by atoms with van der Waals surface area (Å²) >= 11 is 0. The average molecular weight is 196 g/mol. The first-order valence-corrected chi connectivity index (χ1v) is 4.71. The summed E-state index contributed by atoms with van der Waals surface area (Å²) in [5, 5.41) is 0. The number of alkyl halides is 2. The predicted molar refractivity (Wildman–Crippen MR) is 54.5 cm³/mol. The van der Waals surface area contributed by atoms with Crippen LogP contribution in [0.25, 0.3) is 0 Å². The number of allylic oxidation sites excluding steroid dienone is 1. The van der Waals surface area contributed by atoms with Crippen LogP contribution in [-0.2, 0) is 12.3 Å². The van der Waals surface area contributed by atoms with Crippen LogP contribution in [0, 0.1) is 0 Å². The second-order valence-electron chi connectivity index (χ2n) is 3.27. The Labute approximate surface area is 83.3 Å². The SMILES string of the molecule is C=CC(F)(F)c1ccc(CCC)cc1. The van der Waals surface area contributed by atoms with Crippen LogP contribution in [0.3, 0.4) is 0 Å². The fourth-order valence-corrected chi connectivity index (χ4v) is 1.30.